The molecular formula is C14H15N3O5S. The minimum absolute atomic E-state index is 0.0699. The highest BCUT2D eigenvalue weighted by Gasteiger charge is 2.25. The summed E-state index contributed by atoms with van der Waals surface area (Å²) in [5.74, 6) is 0.328. The van der Waals surface area contributed by atoms with Gasteiger partial charge in [0.25, 0.3) is 10.0 Å². The van der Waals surface area contributed by atoms with Crippen LogP contribution in [0, 0.1) is 13.8 Å². The monoisotopic (exact) mass is 337 g/mol. The van der Waals surface area contributed by atoms with Gasteiger partial charge in [-0.15, -0.1) is 4.40 Å². The molecule has 0 saturated carbocycles. The van der Waals surface area contributed by atoms with Crippen molar-refractivity contribution in [2.24, 2.45) is 4.40 Å². The van der Waals surface area contributed by atoms with Crippen LogP contribution in [0.5, 0.6) is 0 Å². The molecule has 1 aromatic rings. The topological polar surface area (TPSA) is 102 Å². The maximum atomic E-state index is 12.1. The molecule has 122 valence electrons. The van der Waals surface area contributed by atoms with Crippen LogP contribution in [0.4, 0.5) is 0 Å². The highest BCUT2D eigenvalue weighted by molar-refractivity contribution is 7.90. The van der Waals surface area contributed by atoms with Crippen LogP contribution >= 0.6 is 0 Å². The van der Waals surface area contributed by atoms with E-state index in [0.29, 0.717) is 22.9 Å². The van der Waals surface area contributed by atoms with Gasteiger partial charge in [0.05, 0.1) is 22.6 Å². The summed E-state index contributed by atoms with van der Waals surface area (Å²) in [5, 5.41) is 3.80. The van der Waals surface area contributed by atoms with Crippen molar-refractivity contribution in [3.8, 4) is 0 Å². The van der Waals surface area contributed by atoms with E-state index in [0.717, 1.165) is 5.56 Å². The highest BCUT2D eigenvalue weighted by atomic mass is 32.2. The molecule has 0 aromatic carbocycles. The molecule has 0 aliphatic carbocycles. The summed E-state index contributed by atoms with van der Waals surface area (Å²) >= 11 is 0. The average Bonchev–Trinajstić information content (AvgIpc) is 2.82. The van der Waals surface area contributed by atoms with Crippen molar-refractivity contribution < 1.29 is 22.5 Å². The highest BCUT2D eigenvalue weighted by Crippen LogP contribution is 2.18. The van der Waals surface area contributed by atoms with Gasteiger partial charge in [0, 0.05) is 12.7 Å². The summed E-state index contributed by atoms with van der Waals surface area (Å²) in [5.41, 5.74) is 1.75. The van der Waals surface area contributed by atoms with Gasteiger partial charge in [-0.3, -0.25) is 0 Å². The predicted octanol–water partition coefficient (Wildman–Crippen LogP) is 0.832. The van der Waals surface area contributed by atoms with Gasteiger partial charge in [-0.25, -0.2) is 13.2 Å². The van der Waals surface area contributed by atoms with Crippen LogP contribution in [0.25, 0.3) is 0 Å². The number of sulfonamides is 1. The number of hydrogen-bond donors (Lipinski definition) is 0. The molecule has 2 aliphatic heterocycles. The largest absolute Gasteiger partial charge is 0.457 e. The number of esters is 1. The molecule has 0 amide bonds. The van der Waals surface area contributed by atoms with E-state index in [4.69, 9.17) is 9.26 Å². The Morgan fingerprint density at radius 3 is 2.87 bits per heavy atom. The van der Waals surface area contributed by atoms with Gasteiger partial charge >= 0.3 is 5.97 Å². The van der Waals surface area contributed by atoms with E-state index in [1.54, 1.807) is 24.9 Å². The molecule has 8 nitrogen and oxygen atoms in total. The van der Waals surface area contributed by atoms with Crippen molar-refractivity contribution in [1.29, 1.82) is 0 Å². The number of carbonyl (C=O) groups excluding carboxylic acids is 1. The molecule has 9 heteroatoms. The fourth-order valence-corrected chi connectivity index (χ4v) is 3.22. The van der Waals surface area contributed by atoms with E-state index in [1.165, 1.54) is 12.2 Å². The smallest absolute Gasteiger partial charge is 0.339 e. The van der Waals surface area contributed by atoms with Gasteiger partial charge in [-0.2, -0.15) is 0 Å². The summed E-state index contributed by atoms with van der Waals surface area (Å²) in [4.78, 5) is 13.8. The van der Waals surface area contributed by atoms with E-state index < -0.39 is 16.0 Å². The SMILES string of the molecule is Cc1noc(C)c1COC(=O)C1=CN2CCS(=O)(=O)N=C2C=C1. The molecule has 1 aromatic heterocycles. The molecular weight excluding hydrogens is 322 g/mol. The van der Waals surface area contributed by atoms with E-state index in [9.17, 15) is 13.2 Å². The van der Waals surface area contributed by atoms with Gasteiger partial charge in [0.1, 0.15) is 18.2 Å². The lowest BCUT2D eigenvalue weighted by Crippen LogP contribution is -2.37. The Morgan fingerprint density at radius 1 is 1.39 bits per heavy atom. The van der Waals surface area contributed by atoms with Gasteiger partial charge in [0.2, 0.25) is 0 Å². The molecule has 0 fully saturated rings. The third kappa shape index (κ3) is 3.19. The van der Waals surface area contributed by atoms with Gasteiger partial charge in [-0.1, -0.05) is 5.16 Å². The van der Waals surface area contributed by atoms with Crippen molar-refractivity contribution in [1.82, 2.24) is 10.1 Å². The lowest BCUT2D eigenvalue weighted by atomic mass is 10.2. The van der Waals surface area contributed by atoms with Crippen molar-refractivity contribution in [2.75, 3.05) is 12.3 Å². The fourth-order valence-electron chi connectivity index (χ4n) is 2.25. The number of rotatable bonds is 3. The average molecular weight is 337 g/mol. The maximum absolute atomic E-state index is 12.1. The van der Waals surface area contributed by atoms with Crippen LogP contribution in [-0.4, -0.2) is 42.6 Å². The quantitative estimate of drug-likeness (QED) is 0.753. The lowest BCUT2D eigenvalue weighted by Gasteiger charge is -2.26. The zero-order valence-corrected chi connectivity index (χ0v) is 13.5. The Morgan fingerprint density at radius 2 is 2.17 bits per heavy atom. The molecule has 3 heterocycles. The zero-order chi connectivity index (χ0) is 16.6. The second-order valence-electron chi connectivity index (χ2n) is 5.23. The van der Waals surface area contributed by atoms with Crippen molar-refractivity contribution in [2.45, 2.75) is 20.5 Å². The fraction of sp³-hybridized carbons (Fsp3) is 0.357. The molecule has 3 rings (SSSR count). The molecule has 0 N–H and O–H groups in total. The predicted molar refractivity (Wildman–Crippen MR) is 80.9 cm³/mol. The van der Waals surface area contributed by atoms with Crippen molar-refractivity contribution in [3.63, 3.8) is 0 Å². The van der Waals surface area contributed by atoms with Crippen LogP contribution in [-0.2, 0) is 26.2 Å². The maximum Gasteiger partial charge on any atom is 0.339 e. The molecule has 0 saturated heterocycles. The number of carbonyl (C=O) groups is 1. The second-order valence-corrected chi connectivity index (χ2v) is 6.98. The van der Waals surface area contributed by atoms with Crippen LogP contribution in [0.2, 0.25) is 0 Å². The Bertz CT molecular complexity index is 828. The van der Waals surface area contributed by atoms with E-state index in [1.807, 2.05) is 0 Å². The first-order valence-electron chi connectivity index (χ1n) is 6.94. The van der Waals surface area contributed by atoms with Crippen LogP contribution in [0.1, 0.15) is 17.0 Å². The molecule has 2 aliphatic rings. The van der Waals surface area contributed by atoms with Crippen molar-refractivity contribution >= 4 is 21.8 Å². The molecule has 23 heavy (non-hydrogen) atoms. The standard InChI is InChI=1S/C14H15N3O5S/c1-9-12(10(2)22-15-9)8-21-14(18)11-3-4-13-16-23(19,20)6-5-17(13)7-11/h3-4,7H,5-6,8H2,1-2H3. The summed E-state index contributed by atoms with van der Waals surface area (Å²) in [6.07, 6.45) is 4.53. The second kappa shape index (κ2) is 5.65. The third-order valence-electron chi connectivity index (χ3n) is 3.59. The van der Waals surface area contributed by atoms with Crippen molar-refractivity contribution in [3.05, 3.63) is 40.9 Å². The summed E-state index contributed by atoms with van der Waals surface area (Å²) < 4.78 is 36.8. The third-order valence-corrected chi connectivity index (χ3v) is 4.75. The zero-order valence-electron chi connectivity index (χ0n) is 12.6. The normalized spacial score (nSPS) is 19.0. The first-order chi connectivity index (χ1) is 10.9. The van der Waals surface area contributed by atoms with E-state index >= 15 is 0 Å². The molecule has 0 bridgehead atoms. The van der Waals surface area contributed by atoms with Gasteiger partial charge < -0.3 is 14.2 Å². The molecule has 0 unspecified atom stereocenters. The van der Waals surface area contributed by atoms with E-state index in [2.05, 4.69) is 9.55 Å². The first-order valence-corrected chi connectivity index (χ1v) is 8.55. The van der Waals surface area contributed by atoms with Gasteiger partial charge in [0.15, 0.2) is 0 Å². The first kappa shape index (κ1) is 15.5. The minimum Gasteiger partial charge on any atom is -0.457 e. The molecule has 0 radical (unpaired) electrons. The number of aromatic nitrogens is 1. The number of amidine groups is 1. The van der Waals surface area contributed by atoms with Crippen LogP contribution in [0.15, 0.2) is 32.8 Å². The minimum atomic E-state index is -3.41. The summed E-state index contributed by atoms with van der Waals surface area (Å²) in [6.45, 7) is 3.85. The summed E-state index contributed by atoms with van der Waals surface area (Å²) in [6, 6.07) is 0. The number of aryl methyl sites for hydroxylation is 2. The molecule has 0 atom stereocenters. The number of fused-ring (bicyclic) bond motifs is 1. The molecule has 0 spiro atoms. The van der Waals surface area contributed by atoms with E-state index in [-0.39, 0.29) is 18.9 Å². The Balaban J connectivity index is 1.70. The number of nitrogens with zero attached hydrogens (tertiary/aromatic N) is 3. The summed E-state index contributed by atoms with van der Waals surface area (Å²) in [7, 11) is -3.41. The Labute approximate surface area is 133 Å². The Hall–Kier alpha value is -2.42. The number of hydrogen-bond acceptors (Lipinski definition) is 7. The lowest BCUT2D eigenvalue weighted by molar-refractivity contribution is -0.140. The van der Waals surface area contributed by atoms with Crippen LogP contribution in [0.3, 0.4) is 0 Å². The number of ether oxygens (including phenoxy) is 1. The van der Waals surface area contributed by atoms with Crippen LogP contribution < -0.4 is 0 Å². The Kier molecular flexibility index (Phi) is 3.80. The van der Waals surface area contributed by atoms with Gasteiger partial charge in [-0.05, 0) is 26.0 Å².